The predicted octanol–water partition coefficient (Wildman–Crippen LogP) is 4.00. The van der Waals surface area contributed by atoms with Gasteiger partial charge in [-0.15, -0.1) is 12.6 Å². The first kappa shape index (κ1) is 15.7. The van der Waals surface area contributed by atoms with Crippen LogP contribution in [-0.4, -0.2) is 19.6 Å². The number of nitrogens with zero attached hydrogens (tertiary/aromatic N) is 4. The molecule has 0 radical (unpaired) electrons. The molecule has 0 saturated heterocycles. The van der Waals surface area contributed by atoms with E-state index in [0.717, 1.165) is 33.2 Å². The van der Waals surface area contributed by atoms with Gasteiger partial charge >= 0.3 is 0 Å². The van der Waals surface area contributed by atoms with Crippen LogP contribution in [0, 0.1) is 6.92 Å². The number of hydrogen-bond donors (Lipinski definition) is 2. The van der Waals surface area contributed by atoms with Gasteiger partial charge in [-0.1, -0.05) is 30.3 Å². The van der Waals surface area contributed by atoms with Crippen LogP contribution >= 0.6 is 12.6 Å². The van der Waals surface area contributed by atoms with Crippen molar-refractivity contribution in [2.45, 2.75) is 18.4 Å². The molecule has 0 fully saturated rings. The Balaban J connectivity index is 1.78. The molecule has 0 saturated carbocycles. The fourth-order valence-corrected chi connectivity index (χ4v) is 2.97. The van der Waals surface area contributed by atoms with Crippen LogP contribution < -0.4 is 5.32 Å². The van der Waals surface area contributed by atoms with Gasteiger partial charge in [0.2, 0.25) is 0 Å². The molecule has 0 atom stereocenters. The van der Waals surface area contributed by atoms with Gasteiger partial charge in [-0.05, 0) is 24.1 Å². The number of nitrogens with one attached hydrogen (secondary N) is 1. The second-order valence-corrected chi connectivity index (χ2v) is 6.30. The molecule has 4 aromatic rings. The lowest BCUT2D eigenvalue weighted by Crippen LogP contribution is -2.07. The predicted molar refractivity (Wildman–Crippen MR) is 102 cm³/mol. The molecule has 4 rings (SSSR count). The summed E-state index contributed by atoms with van der Waals surface area (Å²) in [6.07, 6.45) is 5.33. The normalized spacial score (nSPS) is 11.0. The van der Waals surface area contributed by atoms with E-state index in [4.69, 9.17) is 4.98 Å². The zero-order valence-corrected chi connectivity index (χ0v) is 14.6. The monoisotopic (exact) mass is 347 g/mol. The average molecular weight is 347 g/mol. The smallest absolute Gasteiger partial charge is 0.171 e. The summed E-state index contributed by atoms with van der Waals surface area (Å²) in [6, 6.07) is 14.2. The Hall–Kier alpha value is -2.86. The lowest BCUT2D eigenvalue weighted by molar-refractivity contribution is 0.925. The van der Waals surface area contributed by atoms with Gasteiger partial charge in [0.25, 0.3) is 0 Å². The minimum Gasteiger partial charge on any atom is -0.366 e. The summed E-state index contributed by atoms with van der Waals surface area (Å²) in [6.45, 7) is 2.74. The average Bonchev–Trinajstić information content (AvgIpc) is 3.02. The highest BCUT2D eigenvalue weighted by molar-refractivity contribution is 7.80. The van der Waals surface area contributed by atoms with Gasteiger partial charge in [0.15, 0.2) is 5.65 Å². The third kappa shape index (κ3) is 3.08. The molecule has 0 amide bonds. The van der Waals surface area contributed by atoms with E-state index >= 15 is 0 Å². The van der Waals surface area contributed by atoms with Gasteiger partial charge in [0.1, 0.15) is 5.82 Å². The van der Waals surface area contributed by atoms with Crippen molar-refractivity contribution in [2.24, 2.45) is 0 Å². The lowest BCUT2D eigenvalue weighted by atomic mass is 10.1. The van der Waals surface area contributed by atoms with Crippen LogP contribution in [0.1, 0.15) is 11.1 Å². The molecule has 25 heavy (non-hydrogen) atoms. The maximum Gasteiger partial charge on any atom is 0.171 e. The van der Waals surface area contributed by atoms with Crippen molar-refractivity contribution in [3.63, 3.8) is 0 Å². The topological polar surface area (TPSA) is 55.1 Å². The Kier molecular flexibility index (Phi) is 4.11. The van der Waals surface area contributed by atoms with E-state index in [9.17, 15) is 0 Å². The van der Waals surface area contributed by atoms with Crippen molar-refractivity contribution in [3.8, 4) is 11.3 Å². The number of fused-ring (bicyclic) bond motifs is 1. The zero-order chi connectivity index (χ0) is 17.2. The number of hydrogen-bond acceptors (Lipinski definition) is 5. The minimum absolute atomic E-state index is 0.655. The first-order chi connectivity index (χ1) is 12.2. The number of aryl methyl sites for hydroxylation is 1. The van der Waals surface area contributed by atoms with E-state index in [-0.39, 0.29) is 0 Å². The highest BCUT2D eigenvalue weighted by atomic mass is 32.1. The summed E-state index contributed by atoms with van der Waals surface area (Å²) in [5, 5.41) is 7.82. The van der Waals surface area contributed by atoms with Crippen molar-refractivity contribution in [3.05, 3.63) is 72.2 Å². The van der Waals surface area contributed by atoms with Crippen molar-refractivity contribution in [1.82, 2.24) is 19.6 Å². The number of thiol groups is 1. The number of benzene rings is 1. The summed E-state index contributed by atoms with van der Waals surface area (Å²) in [5.74, 6) is 0.868. The molecule has 0 spiro atoms. The van der Waals surface area contributed by atoms with E-state index in [1.165, 1.54) is 5.56 Å². The molecule has 0 aliphatic carbocycles. The Morgan fingerprint density at radius 3 is 2.80 bits per heavy atom. The highest BCUT2D eigenvalue weighted by Crippen LogP contribution is 2.27. The van der Waals surface area contributed by atoms with E-state index < -0.39 is 0 Å². The molecule has 6 heteroatoms. The zero-order valence-electron chi connectivity index (χ0n) is 13.7. The second kappa shape index (κ2) is 6.57. The van der Waals surface area contributed by atoms with Gasteiger partial charge in [0, 0.05) is 30.6 Å². The number of rotatable bonds is 4. The lowest BCUT2D eigenvalue weighted by Gasteiger charge is -2.12. The molecule has 1 N–H and O–H groups in total. The first-order valence-electron chi connectivity index (χ1n) is 7.99. The van der Waals surface area contributed by atoms with Gasteiger partial charge in [-0.3, -0.25) is 4.98 Å². The van der Waals surface area contributed by atoms with Crippen LogP contribution in [-0.2, 0) is 6.54 Å². The molecular weight excluding hydrogens is 330 g/mol. The Morgan fingerprint density at radius 2 is 2.00 bits per heavy atom. The molecule has 5 nitrogen and oxygen atoms in total. The van der Waals surface area contributed by atoms with Crippen molar-refractivity contribution in [2.75, 3.05) is 5.32 Å². The molecule has 1 aromatic carbocycles. The molecule has 3 heterocycles. The van der Waals surface area contributed by atoms with E-state index in [2.05, 4.69) is 47.1 Å². The van der Waals surface area contributed by atoms with Gasteiger partial charge in [-0.25, -0.2) is 4.98 Å². The standard InChI is InChI=1S/C19H17N5S/c1-13-5-2-3-7-15(13)16-9-18(21-11-14-6-4-8-20-10-14)24-19(23-16)17(25)12-22-24/h2-10,12,21,25H,11H2,1H3. The van der Waals surface area contributed by atoms with Crippen molar-refractivity contribution >= 4 is 24.1 Å². The fraction of sp³-hybridized carbons (Fsp3) is 0.105. The summed E-state index contributed by atoms with van der Waals surface area (Å²) in [7, 11) is 0. The molecular formula is C19H17N5S. The van der Waals surface area contributed by atoms with Crippen LogP contribution in [0.4, 0.5) is 5.82 Å². The molecule has 0 aliphatic rings. The molecule has 0 unspecified atom stereocenters. The summed E-state index contributed by atoms with van der Waals surface area (Å²) in [5.41, 5.74) is 5.01. The van der Waals surface area contributed by atoms with Gasteiger partial charge < -0.3 is 5.32 Å². The number of aromatic nitrogens is 4. The summed E-state index contributed by atoms with van der Waals surface area (Å²) < 4.78 is 1.78. The number of anilines is 1. The Labute approximate surface area is 151 Å². The van der Waals surface area contributed by atoms with Crippen LogP contribution in [0.15, 0.2) is 66.0 Å². The van der Waals surface area contributed by atoms with Gasteiger partial charge in [0.05, 0.1) is 16.8 Å². The SMILES string of the molecule is Cc1ccccc1-c1cc(NCc2cccnc2)n2ncc(S)c2n1. The maximum absolute atomic E-state index is 4.75. The quantitative estimate of drug-likeness (QED) is 0.548. The molecule has 0 bridgehead atoms. The Bertz CT molecular complexity index is 1030. The van der Waals surface area contributed by atoms with E-state index in [1.54, 1.807) is 16.9 Å². The van der Waals surface area contributed by atoms with Crippen LogP contribution in [0.25, 0.3) is 16.9 Å². The first-order valence-corrected chi connectivity index (χ1v) is 8.43. The molecule has 0 aliphatic heterocycles. The summed E-state index contributed by atoms with van der Waals surface area (Å²) >= 11 is 4.49. The highest BCUT2D eigenvalue weighted by Gasteiger charge is 2.12. The van der Waals surface area contributed by atoms with Crippen molar-refractivity contribution < 1.29 is 0 Å². The third-order valence-corrected chi connectivity index (χ3v) is 4.39. The van der Waals surface area contributed by atoms with Crippen LogP contribution in [0.2, 0.25) is 0 Å². The summed E-state index contributed by atoms with van der Waals surface area (Å²) in [4.78, 5) is 9.66. The minimum atomic E-state index is 0.655. The van der Waals surface area contributed by atoms with E-state index in [1.807, 2.05) is 36.5 Å². The molecule has 124 valence electrons. The fourth-order valence-electron chi connectivity index (χ4n) is 2.77. The van der Waals surface area contributed by atoms with E-state index in [0.29, 0.717) is 6.54 Å². The third-order valence-electron chi connectivity index (χ3n) is 4.07. The maximum atomic E-state index is 4.75. The second-order valence-electron chi connectivity index (χ2n) is 5.82. The van der Waals surface area contributed by atoms with Crippen LogP contribution in [0.3, 0.4) is 0 Å². The largest absolute Gasteiger partial charge is 0.366 e. The van der Waals surface area contributed by atoms with Gasteiger partial charge in [-0.2, -0.15) is 9.61 Å². The Morgan fingerprint density at radius 1 is 1.12 bits per heavy atom. The number of pyridine rings is 1. The van der Waals surface area contributed by atoms with Crippen molar-refractivity contribution in [1.29, 1.82) is 0 Å². The molecule has 3 aromatic heterocycles. The van der Waals surface area contributed by atoms with Crippen LogP contribution in [0.5, 0.6) is 0 Å².